The number of nitrogens with zero attached hydrogens (tertiary/aromatic N) is 2. The number of carbonyl (C=O) groups excluding carboxylic acids is 1. The summed E-state index contributed by atoms with van der Waals surface area (Å²) in [5.74, 6) is 0.565. The maximum Gasteiger partial charge on any atom is 0.289 e. The van der Waals surface area contributed by atoms with Crippen molar-refractivity contribution in [3.63, 3.8) is 0 Å². The highest BCUT2D eigenvalue weighted by Gasteiger charge is 2.21. The van der Waals surface area contributed by atoms with E-state index in [4.69, 9.17) is 16.0 Å². The molecule has 0 spiro atoms. The lowest BCUT2D eigenvalue weighted by atomic mass is 10.1. The zero-order valence-corrected chi connectivity index (χ0v) is 13.8. The second kappa shape index (κ2) is 7.05. The number of non-ortho nitro benzene ring substituents is 1. The first-order valence-electron chi connectivity index (χ1n) is 7.89. The molecule has 0 saturated carbocycles. The summed E-state index contributed by atoms with van der Waals surface area (Å²) in [6.45, 7) is 1.49. The SMILES string of the molecule is O=C(c1ccc(-c2ccc([N+](=O)[O-])cc2Cl)o1)N1CCCCCC1. The normalized spacial score (nSPS) is 15.1. The molecule has 7 heteroatoms. The first-order chi connectivity index (χ1) is 11.6. The van der Waals surface area contributed by atoms with Gasteiger partial charge >= 0.3 is 0 Å². The van der Waals surface area contributed by atoms with Crippen molar-refractivity contribution in [2.75, 3.05) is 13.1 Å². The molecule has 1 aromatic heterocycles. The van der Waals surface area contributed by atoms with E-state index in [1.54, 1.807) is 12.1 Å². The van der Waals surface area contributed by atoms with Gasteiger partial charge < -0.3 is 9.32 Å². The van der Waals surface area contributed by atoms with Crippen LogP contribution in [0.5, 0.6) is 0 Å². The van der Waals surface area contributed by atoms with E-state index in [1.165, 1.54) is 18.2 Å². The number of furan rings is 1. The van der Waals surface area contributed by atoms with Crippen LogP contribution in [0.1, 0.15) is 36.2 Å². The molecule has 0 aliphatic carbocycles. The molecule has 1 fully saturated rings. The maximum atomic E-state index is 12.5. The lowest BCUT2D eigenvalue weighted by Gasteiger charge is -2.18. The van der Waals surface area contributed by atoms with Gasteiger partial charge in [-0.2, -0.15) is 0 Å². The predicted molar refractivity (Wildman–Crippen MR) is 90.2 cm³/mol. The highest BCUT2D eigenvalue weighted by molar-refractivity contribution is 6.33. The van der Waals surface area contributed by atoms with Gasteiger partial charge in [0.1, 0.15) is 5.76 Å². The van der Waals surface area contributed by atoms with Gasteiger partial charge in [0.25, 0.3) is 11.6 Å². The minimum absolute atomic E-state index is 0.0869. The Hall–Kier alpha value is -2.34. The number of benzene rings is 1. The lowest BCUT2D eigenvalue weighted by molar-refractivity contribution is -0.384. The second-order valence-corrected chi connectivity index (χ2v) is 6.20. The zero-order chi connectivity index (χ0) is 17.1. The summed E-state index contributed by atoms with van der Waals surface area (Å²) in [7, 11) is 0. The van der Waals surface area contributed by atoms with Gasteiger partial charge in [-0.25, -0.2) is 0 Å². The van der Waals surface area contributed by atoms with Crippen molar-refractivity contribution in [1.29, 1.82) is 0 Å². The first kappa shape index (κ1) is 16.5. The third kappa shape index (κ3) is 3.43. The van der Waals surface area contributed by atoms with Crippen LogP contribution in [0.25, 0.3) is 11.3 Å². The molecular weight excluding hydrogens is 332 g/mol. The highest BCUT2D eigenvalue weighted by atomic mass is 35.5. The molecule has 3 rings (SSSR count). The summed E-state index contributed by atoms with van der Waals surface area (Å²) < 4.78 is 5.66. The largest absolute Gasteiger partial charge is 0.451 e. The molecule has 0 atom stereocenters. The summed E-state index contributed by atoms with van der Waals surface area (Å²) in [4.78, 5) is 24.6. The molecule has 24 heavy (non-hydrogen) atoms. The fraction of sp³-hybridized carbons (Fsp3) is 0.353. The highest BCUT2D eigenvalue weighted by Crippen LogP contribution is 2.32. The van der Waals surface area contributed by atoms with Crippen molar-refractivity contribution in [1.82, 2.24) is 4.90 Å². The minimum atomic E-state index is -0.508. The average Bonchev–Trinajstić information content (AvgIpc) is 2.88. The van der Waals surface area contributed by atoms with Gasteiger partial charge in [0.2, 0.25) is 0 Å². The van der Waals surface area contributed by atoms with Crippen LogP contribution < -0.4 is 0 Å². The van der Waals surface area contributed by atoms with Gasteiger partial charge in [0.05, 0.1) is 9.95 Å². The minimum Gasteiger partial charge on any atom is -0.451 e. The number of nitro benzene ring substituents is 1. The van der Waals surface area contributed by atoms with E-state index in [0.29, 0.717) is 11.3 Å². The molecule has 0 N–H and O–H groups in total. The summed E-state index contributed by atoms with van der Waals surface area (Å²) in [6, 6.07) is 7.45. The average molecular weight is 349 g/mol. The monoisotopic (exact) mass is 348 g/mol. The van der Waals surface area contributed by atoms with Crippen molar-refractivity contribution >= 4 is 23.2 Å². The van der Waals surface area contributed by atoms with Gasteiger partial charge in [-0.3, -0.25) is 14.9 Å². The quantitative estimate of drug-likeness (QED) is 0.603. The van der Waals surface area contributed by atoms with E-state index in [9.17, 15) is 14.9 Å². The van der Waals surface area contributed by atoms with Crippen LogP contribution in [0, 0.1) is 10.1 Å². The smallest absolute Gasteiger partial charge is 0.289 e. The Morgan fingerprint density at radius 2 is 1.83 bits per heavy atom. The molecule has 1 aliphatic rings. The topological polar surface area (TPSA) is 76.6 Å². The number of rotatable bonds is 3. The van der Waals surface area contributed by atoms with Gasteiger partial charge in [0, 0.05) is 30.8 Å². The third-order valence-corrected chi connectivity index (χ3v) is 4.45. The van der Waals surface area contributed by atoms with E-state index in [0.717, 1.165) is 38.8 Å². The number of carbonyl (C=O) groups is 1. The van der Waals surface area contributed by atoms with Crippen LogP contribution in [0.3, 0.4) is 0 Å². The Morgan fingerprint density at radius 1 is 1.12 bits per heavy atom. The zero-order valence-electron chi connectivity index (χ0n) is 13.0. The van der Waals surface area contributed by atoms with E-state index >= 15 is 0 Å². The Kier molecular flexibility index (Phi) is 4.85. The number of hydrogen-bond acceptors (Lipinski definition) is 4. The van der Waals surface area contributed by atoms with E-state index in [-0.39, 0.29) is 22.4 Å². The number of likely N-dealkylation sites (tertiary alicyclic amines) is 1. The molecule has 0 unspecified atom stereocenters. The molecule has 2 aromatic rings. The van der Waals surface area contributed by atoms with Gasteiger partial charge in [-0.1, -0.05) is 24.4 Å². The molecule has 126 valence electrons. The van der Waals surface area contributed by atoms with Crippen LogP contribution >= 0.6 is 11.6 Å². The summed E-state index contributed by atoms with van der Waals surface area (Å²) in [5.41, 5.74) is 0.438. The van der Waals surface area contributed by atoms with Crippen molar-refractivity contribution in [3.05, 3.63) is 51.2 Å². The van der Waals surface area contributed by atoms with Crippen LogP contribution in [-0.4, -0.2) is 28.8 Å². The molecule has 1 amide bonds. The maximum absolute atomic E-state index is 12.5. The molecule has 1 aliphatic heterocycles. The number of hydrogen-bond donors (Lipinski definition) is 0. The molecule has 6 nitrogen and oxygen atoms in total. The molecule has 0 radical (unpaired) electrons. The van der Waals surface area contributed by atoms with Gasteiger partial charge in [-0.05, 0) is 31.0 Å². The molecule has 0 bridgehead atoms. The predicted octanol–water partition coefficient (Wildman–Crippen LogP) is 4.52. The Morgan fingerprint density at radius 3 is 2.46 bits per heavy atom. The van der Waals surface area contributed by atoms with E-state index in [1.807, 2.05) is 4.90 Å². The molecule has 2 heterocycles. The van der Waals surface area contributed by atoms with Crippen LogP contribution in [0.15, 0.2) is 34.7 Å². The Labute approximate surface area is 144 Å². The van der Waals surface area contributed by atoms with Crippen molar-refractivity contribution in [3.8, 4) is 11.3 Å². The third-order valence-electron chi connectivity index (χ3n) is 4.14. The summed E-state index contributed by atoms with van der Waals surface area (Å²) >= 11 is 6.11. The molecular formula is C17H17ClN2O4. The van der Waals surface area contributed by atoms with Crippen LogP contribution in [-0.2, 0) is 0 Å². The summed E-state index contributed by atoms with van der Waals surface area (Å²) in [5, 5.41) is 11.0. The second-order valence-electron chi connectivity index (χ2n) is 5.79. The summed E-state index contributed by atoms with van der Waals surface area (Å²) in [6.07, 6.45) is 4.30. The Balaban J connectivity index is 1.82. The fourth-order valence-electron chi connectivity index (χ4n) is 2.84. The number of halogens is 1. The van der Waals surface area contributed by atoms with Gasteiger partial charge in [0.15, 0.2) is 5.76 Å². The van der Waals surface area contributed by atoms with Crippen molar-refractivity contribution in [2.45, 2.75) is 25.7 Å². The number of amides is 1. The van der Waals surface area contributed by atoms with Crippen molar-refractivity contribution in [2.24, 2.45) is 0 Å². The fourth-order valence-corrected chi connectivity index (χ4v) is 3.11. The lowest BCUT2D eigenvalue weighted by Crippen LogP contribution is -2.31. The van der Waals surface area contributed by atoms with Crippen LogP contribution in [0.2, 0.25) is 5.02 Å². The standard InChI is InChI=1S/C17H17ClN2O4/c18-14-11-12(20(22)23)5-6-13(14)15-7-8-16(24-15)17(21)19-9-3-1-2-4-10-19/h5-8,11H,1-4,9-10H2. The van der Waals surface area contributed by atoms with E-state index in [2.05, 4.69) is 0 Å². The molecule has 1 saturated heterocycles. The molecule has 1 aromatic carbocycles. The van der Waals surface area contributed by atoms with Gasteiger partial charge in [-0.15, -0.1) is 0 Å². The van der Waals surface area contributed by atoms with Crippen LogP contribution in [0.4, 0.5) is 5.69 Å². The van der Waals surface area contributed by atoms with E-state index < -0.39 is 4.92 Å². The van der Waals surface area contributed by atoms with Crippen molar-refractivity contribution < 1.29 is 14.1 Å². The number of nitro groups is 1. The first-order valence-corrected chi connectivity index (χ1v) is 8.27. The Bertz CT molecular complexity index is 764.